The van der Waals surface area contributed by atoms with Gasteiger partial charge in [-0.15, -0.1) is 0 Å². The van der Waals surface area contributed by atoms with Crippen LogP contribution in [0.15, 0.2) is 17.1 Å². The molecule has 1 atom stereocenters. The van der Waals surface area contributed by atoms with E-state index < -0.39 is 0 Å². The summed E-state index contributed by atoms with van der Waals surface area (Å²) in [4.78, 5) is 13.9. The lowest BCUT2D eigenvalue weighted by atomic mass is 10.2. The number of nitrogens with zero attached hydrogens (tertiary/aromatic N) is 3. The highest BCUT2D eigenvalue weighted by Crippen LogP contribution is 2.06. The van der Waals surface area contributed by atoms with Crippen LogP contribution in [0.5, 0.6) is 0 Å². The maximum atomic E-state index is 11.9. The molecule has 19 heavy (non-hydrogen) atoms. The zero-order valence-corrected chi connectivity index (χ0v) is 12.2. The van der Waals surface area contributed by atoms with Crippen LogP contribution in [0, 0.1) is 0 Å². The number of likely N-dealkylation sites (N-methyl/N-ethyl adjacent to an activating group) is 1. The van der Waals surface area contributed by atoms with Crippen molar-refractivity contribution < 1.29 is 4.74 Å². The van der Waals surface area contributed by atoms with E-state index in [1.54, 1.807) is 19.4 Å². The predicted molar refractivity (Wildman–Crippen MR) is 76.8 cm³/mol. The molecule has 1 heterocycles. The molecule has 108 valence electrons. The minimum Gasteiger partial charge on any atom is -0.383 e. The number of hydrogen-bond donors (Lipinski definition) is 1. The number of aromatic nitrogens is 2. The Balaban J connectivity index is 2.66. The van der Waals surface area contributed by atoms with Gasteiger partial charge in [0.2, 0.25) is 0 Å². The molecule has 0 aliphatic carbocycles. The Morgan fingerprint density at radius 2 is 2.32 bits per heavy atom. The molecular weight excluding hydrogens is 244 g/mol. The number of anilines is 1. The quantitative estimate of drug-likeness (QED) is 0.736. The van der Waals surface area contributed by atoms with E-state index in [2.05, 4.69) is 17.3 Å². The molecule has 0 spiro atoms. The van der Waals surface area contributed by atoms with Crippen molar-refractivity contribution in [1.82, 2.24) is 15.1 Å². The third-order valence-electron chi connectivity index (χ3n) is 3.19. The van der Waals surface area contributed by atoms with Gasteiger partial charge in [-0.1, -0.05) is 0 Å². The molecule has 0 fully saturated rings. The van der Waals surface area contributed by atoms with E-state index in [0.29, 0.717) is 19.2 Å². The molecule has 0 bridgehead atoms. The predicted octanol–water partition coefficient (Wildman–Crippen LogP) is 0.324. The number of methoxy groups -OCH3 is 1. The van der Waals surface area contributed by atoms with Gasteiger partial charge in [0.05, 0.1) is 18.5 Å². The lowest BCUT2D eigenvalue weighted by molar-refractivity contribution is 0.206. The van der Waals surface area contributed by atoms with Crippen LogP contribution in [-0.4, -0.2) is 50.2 Å². The molecule has 1 N–H and O–H groups in total. The van der Waals surface area contributed by atoms with Crippen LogP contribution in [0.25, 0.3) is 0 Å². The Bertz CT molecular complexity index is 433. The van der Waals surface area contributed by atoms with Gasteiger partial charge in [0.1, 0.15) is 0 Å². The fourth-order valence-electron chi connectivity index (χ4n) is 1.62. The zero-order chi connectivity index (χ0) is 14.3. The smallest absolute Gasteiger partial charge is 0.268 e. The van der Waals surface area contributed by atoms with Crippen LogP contribution < -0.4 is 15.8 Å². The summed E-state index contributed by atoms with van der Waals surface area (Å²) in [5.74, 6) is 0. The van der Waals surface area contributed by atoms with Gasteiger partial charge in [-0.05, 0) is 20.4 Å². The van der Waals surface area contributed by atoms with Crippen molar-refractivity contribution in [3.8, 4) is 0 Å². The van der Waals surface area contributed by atoms with Crippen molar-refractivity contribution in [1.29, 1.82) is 0 Å². The van der Waals surface area contributed by atoms with Gasteiger partial charge in [-0.25, -0.2) is 4.68 Å². The van der Waals surface area contributed by atoms with E-state index >= 15 is 0 Å². The third-order valence-corrected chi connectivity index (χ3v) is 3.19. The molecule has 0 aliphatic heterocycles. The van der Waals surface area contributed by atoms with Crippen molar-refractivity contribution in [3.05, 3.63) is 22.6 Å². The van der Waals surface area contributed by atoms with Crippen LogP contribution in [0.1, 0.15) is 13.3 Å². The van der Waals surface area contributed by atoms with E-state index in [-0.39, 0.29) is 5.56 Å². The molecule has 0 radical (unpaired) electrons. The van der Waals surface area contributed by atoms with Gasteiger partial charge >= 0.3 is 0 Å². The average molecular weight is 268 g/mol. The van der Waals surface area contributed by atoms with E-state index in [4.69, 9.17) is 4.74 Å². The molecule has 0 aliphatic rings. The molecule has 1 rings (SSSR count). The molecule has 1 unspecified atom stereocenters. The van der Waals surface area contributed by atoms with Gasteiger partial charge < -0.3 is 15.0 Å². The fraction of sp³-hybridized carbons (Fsp3) is 0.692. The molecule has 6 heteroatoms. The minimum absolute atomic E-state index is 0.0648. The molecule has 6 nitrogen and oxygen atoms in total. The highest BCUT2D eigenvalue weighted by Gasteiger charge is 2.06. The average Bonchev–Trinajstić information content (AvgIpc) is 2.42. The lowest BCUT2D eigenvalue weighted by Crippen LogP contribution is -2.30. The number of hydrogen-bond acceptors (Lipinski definition) is 5. The van der Waals surface area contributed by atoms with E-state index in [1.165, 1.54) is 4.68 Å². The molecule has 0 amide bonds. The normalized spacial score (nSPS) is 12.4. The fourth-order valence-corrected chi connectivity index (χ4v) is 1.62. The van der Waals surface area contributed by atoms with Crippen LogP contribution in [0.3, 0.4) is 0 Å². The van der Waals surface area contributed by atoms with Crippen LogP contribution >= 0.6 is 0 Å². The Hall–Kier alpha value is -1.40. The number of nitrogens with one attached hydrogen (secondary N) is 1. The first-order valence-corrected chi connectivity index (χ1v) is 6.53. The summed E-state index contributed by atoms with van der Waals surface area (Å²) < 4.78 is 6.51. The molecular formula is C13H24N4O2. The number of ether oxygens (including phenoxy) is 1. The maximum absolute atomic E-state index is 11.9. The van der Waals surface area contributed by atoms with Crippen LogP contribution in [-0.2, 0) is 11.3 Å². The first-order chi connectivity index (χ1) is 9.08. The Kier molecular flexibility index (Phi) is 6.52. The van der Waals surface area contributed by atoms with Crippen molar-refractivity contribution >= 4 is 5.69 Å². The van der Waals surface area contributed by atoms with Crippen molar-refractivity contribution in [2.45, 2.75) is 25.9 Å². The van der Waals surface area contributed by atoms with Gasteiger partial charge in [0.25, 0.3) is 5.56 Å². The van der Waals surface area contributed by atoms with Crippen LogP contribution in [0.2, 0.25) is 0 Å². The first-order valence-electron chi connectivity index (χ1n) is 6.53. The Morgan fingerprint density at radius 1 is 1.58 bits per heavy atom. The second-order valence-corrected chi connectivity index (χ2v) is 4.67. The SMILES string of the molecule is CNC(C)CCn1ncc(N(C)CCOC)cc1=O. The van der Waals surface area contributed by atoms with Gasteiger partial charge in [0, 0.05) is 39.4 Å². The van der Waals surface area contributed by atoms with Crippen LogP contribution in [0.4, 0.5) is 5.69 Å². The highest BCUT2D eigenvalue weighted by atomic mass is 16.5. The minimum atomic E-state index is -0.0648. The summed E-state index contributed by atoms with van der Waals surface area (Å²) in [5, 5.41) is 7.35. The van der Waals surface area contributed by atoms with Gasteiger partial charge in [-0.3, -0.25) is 4.79 Å². The largest absolute Gasteiger partial charge is 0.383 e. The highest BCUT2D eigenvalue weighted by molar-refractivity contribution is 5.41. The van der Waals surface area contributed by atoms with Gasteiger partial charge in [-0.2, -0.15) is 5.10 Å². The Labute approximate surface area is 114 Å². The van der Waals surface area contributed by atoms with Crippen molar-refractivity contribution in [2.75, 3.05) is 39.3 Å². The summed E-state index contributed by atoms with van der Waals surface area (Å²) in [6, 6.07) is 1.99. The number of rotatable bonds is 8. The van der Waals surface area contributed by atoms with E-state index in [0.717, 1.165) is 18.7 Å². The van der Waals surface area contributed by atoms with Gasteiger partial charge in [0.15, 0.2) is 0 Å². The Morgan fingerprint density at radius 3 is 2.89 bits per heavy atom. The summed E-state index contributed by atoms with van der Waals surface area (Å²) in [6.07, 6.45) is 2.60. The molecule has 1 aromatic rings. The summed E-state index contributed by atoms with van der Waals surface area (Å²) in [5.41, 5.74) is 0.755. The number of aryl methyl sites for hydroxylation is 1. The standard InChI is InChI=1S/C13H24N4O2/c1-11(14-2)5-6-17-13(18)9-12(10-15-17)16(3)7-8-19-4/h9-11,14H,5-8H2,1-4H3. The second kappa shape index (κ2) is 7.91. The lowest BCUT2D eigenvalue weighted by Gasteiger charge is -2.18. The third kappa shape index (κ3) is 5.00. The van der Waals surface area contributed by atoms with E-state index in [1.807, 2.05) is 19.0 Å². The first kappa shape index (κ1) is 15.7. The second-order valence-electron chi connectivity index (χ2n) is 4.67. The zero-order valence-electron chi connectivity index (χ0n) is 12.2. The topological polar surface area (TPSA) is 59.4 Å². The monoisotopic (exact) mass is 268 g/mol. The molecule has 0 saturated carbocycles. The maximum Gasteiger partial charge on any atom is 0.268 e. The molecule has 1 aromatic heterocycles. The summed E-state index contributed by atoms with van der Waals surface area (Å²) >= 11 is 0. The summed E-state index contributed by atoms with van der Waals surface area (Å²) in [6.45, 7) is 4.07. The molecule has 0 aromatic carbocycles. The summed E-state index contributed by atoms with van der Waals surface area (Å²) in [7, 11) is 5.49. The molecule has 0 saturated heterocycles. The van der Waals surface area contributed by atoms with Crippen molar-refractivity contribution in [3.63, 3.8) is 0 Å². The van der Waals surface area contributed by atoms with E-state index in [9.17, 15) is 4.79 Å². The van der Waals surface area contributed by atoms with Crippen molar-refractivity contribution in [2.24, 2.45) is 0 Å².